The molecule has 0 saturated heterocycles. The molecular formula is C11H18N2. The first kappa shape index (κ1) is 10.1. The molecule has 0 radical (unpaired) electrons. The van der Waals surface area contributed by atoms with Crippen molar-refractivity contribution >= 4 is 5.69 Å². The average Bonchev–Trinajstić information content (AvgIpc) is 2.16. The van der Waals surface area contributed by atoms with Crippen LogP contribution in [0.25, 0.3) is 0 Å². The Morgan fingerprint density at radius 3 is 2.54 bits per heavy atom. The van der Waals surface area contributed by atoms with Crippen molar-refractivity contribution in [1.82, 2.24) is 5.32 Å². The second-order valence-corrected chi connectivity index (χ2v) is 3.22. The molecule has 1 atom stereocenters. The van der Waals surface area contributed by atoms with Crippen molar-refractivity contribution in [2.24, 2.45) is 0 Å². The largest absolute Gasteiger partial charge is 0.381 e. The van der Waals surface area contributed by atoms with E-state index < -0.39 is 0 Å². The highest BCUT2D eigenvalue weighted by Gasteiger charge is 1.98. The number of hydrogen-bond acceptors (Lipinski definition) is 2. The first-order valence-corrected chi connectivity index (χ1v) is 4.85. The van der Waals surface area contributed by atoms with E-state index in [2.05, 4.69) is 36.6 Å². The van der Waals surface area contributed by atoms with E-state index in [4.69, 9.17) is 0 Å². The number of hydrogen-bond donors (Lipinski definition) is 2. The molecule has 0 amide bonds. The lowest BCUT2D eigenvalue weighted by molar-refractivity contribution is 0.653. The van der Waals surface area contributed by atoms with Crippen LogP contribution in [0.4, 0.5) is 5.69 Å². The van der Waals surface area contributed by atoms with Gasteiger partial charge in [0.1, 0.15) is 0 Å². The summed E-state index contributed by atoms with van der Waals surface area (Å²) in [5.74, 6) is 0. The first-order chi connectivity index (χ1) is 6.33. The molecule has 0 aliphatic carbocycles. The monoisotopic (exact) mass is 178 g/mol. The van der Waals surface area contributed by atoms with Gasteiger partial charge in [-0.25, -0.2) is 0 Å². The molecule has 0 spiro atoms. The molecule has 0 heterocycles. The highest BCUT2D eigenvalue weighted by molar-refractivity contribution is 5.43. The smallest absolute Gasteiger partial charge is 0.0357 e. The van der Waals surface area contributed by atoms with E-state index in [0.717, 1.165) is 13.1 Å². The standard InChI is InChI=1S/C11H18N2/c1-3-12-9-10(2)13-11-7-5-4-6-8-11/h4-8,10,12-13H,3,9H2,1-2H3. The Balaban J connectivity index is 2.32. The summed E-state index contributed by atoms with van der Waals surface area (Å²) in [7, 11) is 0. The van der Waals surface area contributed by atoms with Crippen LogP contribution in [-0.2, 0) is 0 Å². The van der Waals surface area contributed by atoms with E-state index in [1.165, 1.54) is 5.69 Å². The summed E-state index contributed by atoms with van der Waals surface area (Å²) in [6.45, 7) is 6.33. The van der Waals surface area contributed by atoms with Gasteiger partial charge in [0.15, 0.2) is 0 Å². The van der Waals surface area contributed by atoms with E-state index in [9.17, 15) is 0 Å². The van der Waals surface area contributed by atoms with Crippen LogP contribution in [0.3, 0.4) is 0 Å². The number of anilines is 1. The number of benzene rings is 1. The lowest BCUT2D eigenvalue weighted by atomic mass is 10.2. The molecule has 0 fully saturated rings. The number of likely N-dealkylation sites (N-methyl/N-ethyl adjacent to an activating group) is 1. The minimum absolute atomic E-state index is 0.474. The van der Waals surface area contributed by atoms with E-state index in [1.807, 2.05) is 18.2 Å². The molecule has 72 valence electrons. The van der Waals surface area contributed by atoms with Gasteiger partial charge >= 0.3 is 0 Å². The summed E-state index contributed by atoms with van der Waals surface area (Å²) in [4.78, 5) is 0. The quantitative estimate of drug-likeness (QED) is 0.721. The maximum absolute atomic E-state index is 3.41. The van der Waals surface area contributed by atoms with Crippen molar-refractivity contribution in [2.45, 2.75) is 19.9 Å². The Labute approximate surface area is 80.4 Å². The molecule has 2 nitrogen and oxygen atoms in total. The third-order valence-electron chi connectivity index (χ3n) is 1.89. The highest BCUT2D eigenvalue weighted by atomic mass is 15.0. The summed E-state index contributed by atoms with van der Waals surface area (Å²) in [5.41, 5.74) is 1.19. The maximum atomic E-state index is 3.41. The van der Waals surface area contributed by atoms with Gasteiger partial charge in [0.2, 0.25) is 0 Å². The second kappa shape index (κ2) is 5.60. The van der Waals surface area contributed by atoms with Gasteiger partial charge in [-0.2, -0.15) is 0 Å². The summed E-state index contributed by atoms with van der Waals surface area (Å²) >= 11 is 0. The van der Waals surface area contributed by atoms with Gasteiger partial charge in [-0.3, -0.25) is 0 Å². The van der Waals surface area contributed by atoms with Crippen molar-refractivity contribution in [3.63, 3.8) is 0 Å². The van der Waals surface area contributed by atoms with E-state index in [0.29, 0.717) is 6.04 Å². The van der Waals surface area contributed by atoms with E-state index in [-0.39, 0.29) is 0 Å². The third-order valence-corrected chi connectivity index (χ3v) is 1.89. The summed E-state index contributed by atoms with van der Waals surface area (Å²) in [6, 6.07) is 10.8. The molecule has 1 aromatic carbocycles. The van der Waals surface area contributed by atoms with Gasteiger partial charge in [0.25, 0.3) is 0 Å². The van der Waals surface area contributed by atoms with Crippen LogP contribution in [0.2, 0.25) is 0 Å². The summed E-state index contributed by atoms with van der Waals surface area (Å²) in [6.07, 6.45) is 0. The fourth-order valence-corrected chi connectivity index (χ4v) is 1.23. The topological polar surface area (TPSA) is 24.1 Å². The van der Waals surface area contributed by atoms with Crippen molar-refractivity contribution in [1.29, 1.82) is 0 Å². The SMILES string of the molecule is CCNCC(C)Nc1ccccc1. The zero-order chi connectivity index (χ0) is 9.52. The predicted molar refractivity (Wildman–Crippen MR) is 58.1 cm³/mol. The zero-order valence-electron chi connectivity index (χ0n) is 8.38. The van der Waals surface area contributed by atoms with E-state index in [1.54, 1.807) is 0 Å². The van der Waals surface area contributed by atoms with Gasteiger partial charge in [0.05, 0.1) is 0 Å². The normalized spacial score (nSPS) is 12.5. The van der Waals surface area contributed by atoms with Crippen LogP contribution in [0.15, 0.2) is 30.3 Å². The first-order valence-electron chi connectivity index (χ1n) is 4.85. The Kier molecular flexibility index (Phi) is 4.33. The Morgan fingerprint density at radius 2 is 1.92 bits per heavy atom. The molecule has 0 aromatic heterocycles. The van der Waals surface area contributed by atoms with Crippen LogP contribution in [0, 0.1) is 0 Å². The van der Waals surface area contributed by atoms with Gasteiger partial charge in [0, 0.05) is 18.3 Å². The van der Waals surface area contributed by atoms with Crippen molar-refractivity contribution in [3.8, 4) is 0 Å². The number of rotatable bonds is 5. The zero-order valence-corrected chi connectivity index (χ0v) is 8.38. The van der Waals surface area contributed by atoms with Crippen molar-refractivity contribution in [2.75, 3.05) is 18.4 Å². The molecule has 1 unspecified atom stereocenters. The second-order valence-electron chi connectivity index (χ2n) is 3.22. The predicted octanol–water partition coefficient (Wildman–Crippen LogP) is 2.10. The lowest BCUT2D eigenvalue weighted by Gasteiger charge is -2.15. The molecule has 13 heavy (non-hydrogen) atoms. The highest BCUT2D eigenvalue weighted by Crippen LogP contribution is 2.06. The minimum Gasteiger partial charge on any atom is -0.381 e. The molecule has 0 aliphatic rings. The average molecular weight is 178 g/mol. The molecule has 1 rings (SSSR count). The van der Waals surface area contributed by atoms with Crippen molar-refractivity contribution < 1.29 is 0 Å². The summed E-state index contributed by atoms with van der Waals surface area (Å²) < 4.78 is 0. The maximum Gasteiger partial charge on any atom is 0.0357 e. The molecule has 2 N–H and O–H groups in total. The van der Waals surface area contributed by atoms with Gasteiger partial charge in [-0.05, 0) is 25.6 Å². The van der Waals surface area contributed by atoms with Crippen LogP contribution in [0.5, 0.6) is 0 Å². The van der Waals surface area contributed by atoms with Crippen LogP contribution < -0.4 is 10.6 Å². The Bertz CT molecular complexity index is 221. The van der Waals surface area contributed by atoms with Gasteiger partial charge in [-0.1, -0.05) is 25.1 Å². The van der Waals surface area contributed by atoms with Crippen LogP contribution in [0.1, 0.15) is 13.8 Å². The van der Waals surface area contributed by atoms with E-state index >= 15 is 0 Å². The fraction of sp³-hybridized carbons (Fsp3) is 0.455. The molecular weight excluding hydrogens is 160 g/mol. The van der Waals surface area contributed by atoms with Crippen molar-refractivity contribution in [3.05, 3.63) is 30.3 Å². The minimum atomic E-state index is 0.474. The lowest BCUT2D eigenvalue weighted by Crippen LogP contribution is -2.30. The summed E-state index contributed by atoms with van der Waals surface area (Å²) in [5, 5.41) is 6.72. The number of para-hydroxylation sites is 1. The molecule has 0 aliphatic heterocycles. The third kappa shape index (κ3) is 3.95. The van der Waals surface area contributed by atoms with Crippen LogP contribution >= 0.6 is 0 Å². The van der Waals surface area contributed by atoms with Gasteiger partial charge < -0.3 is 10.6 Å². The molecule has 2 heteroatoms. The van der Waals surface area contributed by atoms with Gasteiger partial charge in [-0.15, -0.1) is 0 Å². The molecule has 0 bridgehead atoms. The number of nitrogens with one attached hydrogen (secondary N) is 2. The fourth-order valence-electron chi connectivity index (χ4n) is 1.23. The Hall–Kier alpha value is -1.02. The molecule has 0 saturated carbocycles. The Morgan fingerprint density at radius 1 is 1.23 bits per heavy atom. The molecule has 1 aromatic rings. The van der Waals surface area contributed by atoms with Crippen LogP contribution in [-0.4, -0.2) is 19.1 Å².